The lowest BCUT2D eigenvalue weighted by Gasteiger charge is -1.93. The van der Waals surface area contributed by atoms with Crippen LogP contribution in [0, 0.1) is 10.6 Å². The zero-order valence-electron chi connectivity index (χ0n) is 11.2. The molecular formula is C16H13N3O2. The summed E-state index contributed by atoms with van der Waals surface area (Å²) in [7, 11) is 0. The molecule has 5 nitrogen and oxygen atoms in total. The Kier molecular flexibility index (Phi) is 2.54. The Bertz CT molecular complexity index is 1010. The maximum atomic E-state index is 12.0. The van der Waals surface area contributed by atoms with Gasteiger partial charge in [0, 0.05) is 16.4 Å². The fraction of sp³-hybridized carbons (Fsp3) is 0.188. The number of pyridine rings is 1. The second kappa shape index (κ2) is 4.41. The molecule has 4 rings (SSSR count). The van der Waals surface area contributed by atoms with Crippen LogP contribution in [0.25, 0.3) is 11.9 Å². The van der Waals surface area contributed by atoms with Gasteiger partial charge in [0.25, 0.3) is 0 Å². The van der Waals surface area contributed by atoms with Crippen LogP contribution in [0.15, 0.2) is 41.2 Å². The molecule has 1 aromatic carbocycles. The molecule has 104 valence electrons. The van der Waals surface area contributed by atoms with Crippen molar-refractivity contribution in [2.24, 2.45) is 0 Å². The van der Waals surface area contributed by atoms with Crippen LogP contribution >= 0.6 is 0 Å². The molecule has 1 aliphatic carbocycles. The van der Waals surface area contributed by atoms with Gasteiger partial charge in [-0.3, -0.25) is 4.79 Å². The molecule has 0 unspecified atom stereocenters. The van der Waals surface area contributed by atoms with Gasteiger partial charge < -0.3 is 5.11 Å². The predicted molar refractivity (Wildman–Crippen MR) is 77.7 cm³/mol. The molecule has 1 aliphatic rings. The van der Waals surface area contributed by atoms with Gasteiger partial charge >= 0.3 is 0 Å². The average Bonchev–Trinajstić information content (AvgIpc) is 3.27. The van der Waals surface area contributed by atoms with Crippen LogP contribution in [0.3, 0.4) is 0 Å². The molecule has 1 fully saturated rings. The Hall–Kier alpha value is -2.69. The minimum absolute atomic E-state index is 0.113. The van der Waals surface area contributed by atoms with Gasteiger partial charge in [0.15, 0.2) is 5.82 Å². The van der Waals surface area contributed by atoms with Gasteiger partial charge in [-0.05, 0) is 25.0 Å². The number of rotatable bonds is 1. The Morgan fingerprint density at radius 2 is 1.90 bits per heavy atom. The number of aliphatic hydroxyl groups excluding tert-OH is 1. The smallest absolute Gasteiger partial charge is 0.223 e. The predicted octanol–water partition coefficient (Wildman–Crippen LogP) is 1.27. The fourth-order valence-corrected chi connectivity index (χ4v) is 2.43. The normalized spacial score (nSPS) is 14.5. The molecule has 2 aromatic heterocycles. The van der Waals surface area contributed by atoms with Crippen molar-refractivity contribution in [1.82, 2.24) is 14.6 Å². The van der Waals surface area contributed by atoms with Crippen molar-refractivity contribution in [3.8, 4) is 0 Å². The number of hydrogen-bond donors (Lipinski definition) is 1. The van der Waals surface area contributed by atoms with E-state index < -0.39 is 0 Å². The molecule has 21 heavy (non-hydrogen) atoms. The monoisotopic (exact) mass is 279 g/mol. The van der Waals surface area contributed by atoms with Crippen molar-refractivity contribution in [2.75, 3.05) is 0 Å². The van der Waals surface area contributed by atoms with Crippen LogP contribution in [-0.4, -0.2) is 19.7 Å². The number of hydrogen-bond acceptors (Lipinski definition) is 4. The summed E-state index contributed by atoms with van der Waals surface area (Å²) in [6, 6.07) is 10.7. The molecule has 0 amide bonds. The summed E-state index contributed by atoms with van der Waals surface area (Å²) in [4.78, 5) is 16.3. The van der Waals surface area contributed by atoms with E-state index in [-0.39, 0.29) is 5.43 Å². The minimum Gasteiger partial charge on any atom is -0.515 e. The molecule has 0 spiro atoms. The van der Waals surface area contributed by atoms with Crippen LogP contribution in [0.1, 0.15) is 24.6 Å². The van der Waals surface area contributed by atoms with E-state index >= 15 is 0 Å². The van der Waals surface area contributed by atoms with Crippen molar-refractivity contribution in [1.29, 1.82) is 0 Å². The zero-order chi connectivity index (χ0) is 14.4. The van der Waals surface area contributed by atoms with E-state index in [1.165, 1.54) is 6.07 Å². The molecule has 2 heterocycles. The number of aromatic nitrogens is 3. The lowest BCUT2D eigenvalue weighted by molar-refractivity contribution is 0.540. The fourth-order valence-electron chi connectivity index (χ4n) is 2.43. The average molecular weight is 279 g/mol. The second-order valence-electron chi connectivity index (χ2n) is 5.31. The molecule has 0 saturated heterocycles. The highest BCUT2D eigenvalue weighted by Gasteiger charge is 2.28. The third-order valence-electron chi connectivity index (χ3n) is 3.76. The molecule has 5 heteroatoms. The first-order valence-corrected chi connectivity index (χ1v) is 6.91. The van der Waals surface area contributed by atoms with Crippen LogP contribution in [0.4, 0.5) is 0 Å². The first-order valence-electron chi connectivity index (χ1n) is 6.91. The second-order valence-corrected chi connectivity index (χ2v) is 5.31. The van der Waals surface area contributed by atoms with Gasteiger partial charge in [0.1, 0.15) is 0 Å². The van der Waals surface area contributed by atoms with E-state index in [1.54, 1.807) is 10.6 Å². The summed E-state index contributed by atoms with van der Waals surface area (Å²) in [6.45, 7) is 0. The molecule has 1 saturated carbocycles. The van der Waals surface area contributed by atoms with Gasteiger partial charge in [0.05, 0.1) is 11.6 Å². The van der Waals surface area contributed by atoms with Crippen molar-refractivity contribution < 1.29 is 5.11 Å². The van der Waals surface area contributed by atoms with Crippen molar-refractivity contribution in [3.63, 3.8) is 0 Å². The zero-order valence-corrected chi connectivity index (χ0v) is 11.2. The lowest BCUT2D eigenvalue weighted by Crippen LogP contribution is -2.06. The highest BCUT2D eigenvalue weighted by molar-refractivity contribution is 5.38. The molecule has 0 radical (unpaired) electrons. The van der Waals surface area contributed by atoms with E-state index in [9.17, 15) is 4.79 Å². The number of nitrogens with zero attached hydrogens (tertiary/aromatic N) is 3. The van der Waals surface area contributed by atoms with Crippen molar-refractivity contribution in [2.45, 2.75) is 18.8 Å². The van der Waals surface area contributed by atoms with E-state index in [2.05, 4.69) is 10.1 Å². The van der Waals surface area contributed by atoms with Crippen LogP contribution in [-0.2, 0) is 0 Å². The van der Waals surface area contributed by atoms with Crippen molar-refractivity contribution >= 4 is 11.9 Å². The number of fused-ring (bicyclic) bond motifs is 1. The summed E-state index contributed by atoms with van der Waals surface area (Å²) in [5, 5.41) is 16.0. The first-order chi connectivity index (χ1) is 10.3. The summed E-state index contributed by atoms with van der Waals surface area (Å²) in [6.07, 6.45) is 3.25. The molecule has 0 bridgehead atoms. The molecule has 0 atom stereocenters. The van der Waals surface area contributed by atoms with Crippen LogP contribution in [0.2, 0.25) is 0 Å². The Morgan fingerprint density at radius 1 is 1.14 bits per heavy atom. The highest BCUT2D eigenvalue weighted by atomic mass is 16.2. The third-order valence-corrected chi connectivity index (χ3v) is 3.76. The topological polar surface area (TPSA) is 67.5 Å². The summed E-state index contributed by atoms with van der Waals surface area (Å²) in [5.74, 6) is 1.17. The maximum Gasteiger partial charge on any atom is 0.223 e. The molecule has 3 aromatic rings. The maximum absolute atomic E-state index is 12.0. The standard InChI is InChI=1S/C16H13N3O2/c20-9-10-1-3-11(4-2-10)13-7-8-14(21)16-17-15(12-5-6-12)18-19(13)16/h1-4,7-9,12,20H,5-6H2. The number of aliphatic hydroxyl groups is 1. The van der Waals surface area contributed by atoms with E-state index in [0.717, 1.165) is 40.7 Å². The quantitative estimate of drug-likeness (QED) is 0.728. The number of benzene rings is 1. The largest absolute Gasteiger partial charge is 0.515 e. The Morgan fingerprint density at radius 3 is 2.57 bits per heavy atom. The van der Waals surface area contributed by atoms with Crippen molar-refractivity contribution in [3.05, 3.63) is 68.2 Å². The van der Waals surface area contributed by atoms with E-state index in [4.69, 9.17) is 5.11 Å². The van der Waals surface area contributed by atoms with Gasteiger partial charge in [-0.25, -0.2) is 9.50 Å². The SMILES string of the molecule is O=c1ccc(=c2ccc(=CO)cc2)n2nc(C3CC3)nc12. The molecule has 0 aliphatic heterocycles. The molecular weight excluding hydrogens is 266 g/mol. The van der Waals surface area contributed by atoms with Gasteiger partial charge in [-0.15, -0.1) is 0 Å². The minimum atomic E-state index is -0.113. The summed E-state index contributed by atoms with van der Waals surface area (Å²) < 4.78 is 1.63. The van der Waals surface area contributed by atoms with E-state index in [1.807, 2.05) is 24.3 Å². The Balaban J connectivity index is 2.12. The van der Waals surface area contributed by atoms with Gasteiger partial charge in [-0.1, -0.05) is 24.3 Å². The Labute approximate surface area is 119 Å². The summed E-state index contributed by atoms with van der Waals surface area (Å²) in [5.41, 5.74) is 0.269. The highest BCUT2D eigenvalue weighted by Crippen LogP contribution is 2.37. The molecule has 1 N–H and O–H groups in total. The van der Waals surface area contributed by atoms with Gasteiger partial charge in [0.2, 0.25) is 11.1 Å². The van der Waals surface area contributed by atoms with Crippen LogP contribution in [0.5, 0.6) is 0 Å². The lowest BCUT2D eigenvalue weighted by atomic mass is 10.2. The first kappa shape index (κ1) is 12.1. The van der Waals surface area contributed by atoms with E-state index in [0.29, 0.717) is 11.6 Å². The van der Waals surface area contributed by atoms with Gasteiger partial charge in [-0.2, -0.15) is 5.10 Å². The third kappa shape index (κ3) is 1.98. The summed E-state index contributed by atoms with van der Waals surface area (Å²) >= 11 is 0. The van der Waals surface area contributed by atoms with Crippen LogP contribution < -0.4 is 10.6 Å².